The quantitative estimate of drug-likeness (QED) is 0.696. The van der Waals surface area contributed by atoms with E-state index in [1.807, 2.05) is 48.5 Å². The molecule has 0 atom stereocenters. The molecule has 29 heavy (non-hydrogen) atoms. The van der Waals surface area contributed by atoms with Gasteiger partial charge < -0.3 is 15.4 Å². The Labute approximate surface area is 172 Å². The molecular weight excluding hydrogens is 364 g/mol. The SMILES string of the molecule is COc1cccc(CCNC(=O)C2(C(=O)Nc3ccc(C(C)(C)C)cc3)CC2)c1. The number of benzene rings is 2. The Morgan fingerprint density at radius 2 is 1.72 bits per heavy atom. The average molecular weight is 395 g/mol. The maximum atomic E-state index is 12.7. The predicted octanol–water partition coefficient (Wildman–Crippen LogP) is 4.07. The van der Waals surface area contributed by atoms with Gasteiger partial charge in [-0.2, -0.15) is 0 Å². The lowest BCUT2D eigenvalue weighted by Gasteiger charge is -2.20. The zero-order valence-corrected chi connectivity index (χ0v) is 17.7. The third-order valence-electron chi connectivity index (χ3n) is 5.46. The first-order valence-electron chi connectivity index (χ1n) is 10.1. The first kappa shape index (κ1) is 20.9. The van der Waals surface area contributed by atoms with Crippen molar-refractivity contribution in [1.82, 2.24) is 5.32 Å². The summed E-state index contributed by atoms with van der Waals surface area (Å²) in [5, 5.41) is 5.84. The molecular formula is C24H30N2O3. The van der Waals surface area contributed by atoms with E-state index in [9.17, 15) is 9.59 Å². The number of hydrogen-bond acceptors (Lipinski definition) is 3. The van der Waals surface area contributed by atoms with Gasteiger partial charge in [-0.25, -0.2) is 0 Å². The molecule has 0 unspecified atom stereocenters. The summed E-state index contributed by atoms with van der Waals surface area (Å²) in [5.74, 6) is 0.383. The zero-order chi connectivity index (χ0) is 21.1. The first-order valence-corrected chi connectivity index (χ1v) is 10.1. The molecule has 5 heteroatoms. The van der Waals surface area contributed by atoms with Gasteiger partial charge >= 0.3 is 0 Å². The lowest BCUT2D eigenvalue weighted by Crippen LogP contribution is -2.40. The lowest BCUT2D eigenvalue weighted by molar-refractivity contribution is -0.134. The predicted molar refractivity (Wildman–Crippen MR) is 115 cm³/mol. The molecule has 154 valence electrons. The van der Waals surface area contributed by atoms with Crippen molar-refractivity contribution in [1.29, 1.82) is 0 Å². The van der Waals surface area contributed by atoms with Gasteiger partial charge in [-0.15, -0.1) is 0 Å². The summed E-state index contributed by atoms with van der Waals surface area (Å²) >= 11 is 0. The van der Waals surface area contributed by atoms with Gasteiger partial charge in [-0.1, -0.05) is 45.0 Å². The average Bonchev–Trinajstić information content (AvgIpc) is 3.50. The van der Waals surface area contributed by atoms with Crippen LogP contribution in [0.3, 0.4) is 0 Å². The number of ether oxygens (including phenoxy) is 1. The highest BCUT2D eigenvalue weighted by Gasteiger charge is 2.56. The number of amides is 2. The molecule has 1 saturated carbocycles. The fourth-order valence-corrected chi connectivity index (χ4v) is 3.30. The molecule has 0 heterocycles. The summed E-state index contributed by atoms with van der Waals surface area (Å²) in [6, 6.07) is 15.6. The Balaban J connectivity index is 1.54. The minimum absolute atomic E-state index is 0.0584. The number of hydrogen-bond donors (Lipinski definition) is 2. The zero-order valence-electron chi connectivity index (χ0n) is 17.7. The number of methoxy groups -OCH3 is 1. The Morgan fingerprint density at radius 1 is 1.03 bits per heavy atom. The van der Waals surface area contributed by atoms with Crippen molar-refractivity contribution in [2.75, 3.05) is 19.0 Å². The molecule has 2 aromatic carbocycles. The monoisotopic (exact) mass is 394 g/mol. The minimum Gasteiger partial charge on any atom is -0.497 e. The van der Waals surface area contributed by atoms with E-state index in [1.54, 1.807) is 7.11 Å². The second-order valence-corrected chi connectivity index (χ2v) is 8.72. The van der Waals surface area contributed by atoms with Crippen molar-refractivity contribution >= 4 is 17.5 Å². The van der Waals surface area contributed by atoms with Crippen molar-refractivity contribution in [2.24, 2.45) is 5.41 Å². The molecule has 0 radical (unpaired) electrons. The van der Waals surface area contributed by atoms with E-state index < -0.39 is 5.41 Å². The summed E-state index contributed by atoms with van der Waals surface area (Å²) in [6.45, 7) is 6.93. The molecule has 2 amide bonds. The highest BCUT2D eigenvalue weighted by Crippen LogP contribution is 2.46. The molecule has 0 spiro atoms. The van der Waals surface area contributed by atoms with Crippen LogP contribution in [0.1, 0.15) is 44.7 Å². The number of carbonyl (C=O) groups is 2. The summed E-state index contributed by atoms with van der Waals surface area (Å²) in [7, 11) is 1.63. The van der Waals surface area contributed by atoms with Crippen molar-refractivity contribution in [3.63, 3.8) is 0 Å². The van der Waals surface area contributed by atoms with Crippen LogP contribution in [0.2, 0.25) is 0 Å². The molecule has 0 bridgehead atoms. The molecule has 2 N–H and O–H groups in total. The topological polar surface area (TPSA) is 67.4 Å². The minimum atomic E-state index is -0.933. The molecule has 5 nitrogen and oxygen atoms in total. The van der Waals surface area contributed by atoms with Crippen LogP contribution >= 0.6 is 0 Å². The Hall–Kier alpha value is -2.82. The smallest absolute Gasteiger partial charge is 0.240 e. The molecule has 1 aliphatic carbocycles. The molecule has 1 fully saturated rings. The van der Waals surface area contributed by atoms with Gasteiger partial charge in [0, 0.05) is 12.2 Å². The third-order valence-corrected chi connectivity index (χ3v) is 5.46. The Morgan fingerprint density at radius 3 is 2.31 bits per heavy atom. The number of nitrogens with one attached hydrogen (secondary N) is 2. The van der Waals surface area contributed by atoms with E-state index >= 15 is 0 Å². The van der Waals surface area contributed by atoms with Gasteiger partial charge in [-0.3, -0.25) is 9.59 Å². The van der Waals surface area contributed by atoms with E-state index in [1.165, 1.54) is 5.56 Å². The van der Waals surface area contributed by atoms with E-state index in [0.29, 0.717) is 25.8 Å². The standard InChI is InChI=1S/C24H30N2O3/c1-23(2,3)18-8-10-19(11-9-18)26-22(28)24(13-14-24)21(27)25-15-12-17-6-5-7-20(16-17)29-4/h5-11,16H,12-15H2,1-4H3,(H,25,27)(H,26,28). The number of carbonyl (C=O) groups excluding carboxylic acids is 2. The summed E-state index contributed by atoms with van der Waals surface area (Å²) in [6.07, 6.45) is 1.86. The third kappa shape index (κ3) is 4.97. The molecule has 3 rings (SSSR count). The van der Waals surface area contributed by atoms with E-state index in [2.05, 4.69) is 31.4 Å². The fourth-order valence-electron chi connectivity index (χ4n) is 3.30. The molecule has 1 aliphatic rings. The van der Waals surface area contributed by atoms with Crippen LogP contribution in [0.4, 0.5) is 5.69 Å². The normalized spacial score (nSPS) is 14.8. The molecule has 0 aromatic heterocycles. The van der Waals surface area contributed by atoms with Gasteiger partial charge in [0.05, 0.1) is 7.11 Å². The van der Waals surface area contributed by atoms with E-state index in [-0.39, 0.29) is 17.2 Å². The number of rotatable bonds is 7. The second kappa shape index (κ2) is 8.27. The lowest BCUT2D eigenvalue weighted by atomic mass is 9.87. The highest BCUT2D eigenvalue weighted by molar-refractivity contribution is 6.13. The second-order valence-electron chi connectivity index (χ2n) is 8.72. The van der Waals surface area contributed by atoms with Crippen molar-refractivity contribution in [2.45, 2.75) is 45.4 Å². The number of anilines is 1. The van der Waals surface area contributed by atoms with Crippen molar-refractivity contribution in [3.05, 3.63) is 59.7 Å². The molecule has 2 aromatic rings. The Bertz CT molecular complexity index is 878. The van der Waals surface area contributed by atoms with Crippen molar-refractivity contribution < 1.29 is 14.3 Å². The fraction of sp³-hybridized carbons (Fsp3) is 0.417. The van der Waals surface area contributed by atoms with E-state index in [0.717, 1.165) is 17.0 Å². The van der Waals surface area contributed by atoms with Crippen molar-refractivity contribution in [3.8, 4) is 5.75 Å². The molecule has 0 saturated heterocycles. The largest absolute Gasteiger partial charge is 0.497 e. The van der Waals surface area contributed by atoms with Crippen LogP contribution in [0.15, 0.2) is 48.5 Å². The van der Waals surface area contributed by atoms with Gasteiger partial charge in [-0.05, 0) is 60.1 Å². The maximum absolute atomic E-state index is 12.7. The van der Waals surface area contributed by atoms with Crippen LogP contribution in [0.5, 0.6) is 5.75 Å². The van der Waals surface area contributed by atoms with Gasteiger partial charge in [0.25, 0.3) is 0 Å². The van der Waals surface area contributed by atoms with Gasteiger partial charge in [0.15, 0.2) is 0 Å². The Kier molecular flexibility index (Phi) is 5.96. The summed E-state index contributed by atoms with van der Waals surface area (Å²) in [4.78, 5) is 25.4. The van der Waals surface area contributed by atoms with Gasteiger partial charge in [0.2, 0.25) is 11.8 Å². The first-order chi connectivity index (χ1) is 13.7. The maximum Gasteiger partial charge on any atom is 0.240 e. The van der Waals surface area contributed by atoms with E-state index in [4.69, 9.17) is 4.74 Å². The van der Waals surface area contributed by atoms with Crippen LogP contribution < -0.4 is 15.4 Å². The van der Waals surface area contributed by atoms with Crippen LogP contribution in [0, 0.1) is 5.41 Å². The van der Waals surface area contributed by atoms with Gasteiger partial charge in [0.1, 0.15) is 11.2 Å². The summed E-state index contributed by atoms with van der Waals surface area (Å²) < 4.78 is 5.22. The van der Waals surface area contributed by atoms with Crippen LogP contribution in [0.25, 0.3) is 0 Å². The highest BCUT2D eigenvalue weighted by atomic mass is 16.5. The summed E-state index contributed by atoms with van der Waals surface area (Å²) in [5.41, 5.74) is 2.13. The van der Waals surface area contributed by atoms with Crippen LogP contribution in [-0.2, 0) is 21.4 Å². The van der Waals surface area contributed by atoms with Crippen LogP contribution in [-0.4, -0.2) is 25.5 Å². The molecule has 0 aliphatic heterocycles.